The molecule has 3 rings (SSSR count). The van der Waals surface area contributed by atoms with Gasteiger partial charge in [0.15, 0.2) is 0 Å². The largest absolute Gasteiger partial charge is 0.497 e. The van der Waals surface area contributed by atoms with Crippen molar-refractivity contribution in [3.8, 4) is 5.75 Å². The lowest BCUT2D eigenvalue weighted by Gasteiger charge is -2.27. The van der Waals surface area contributed by atoms with Gasteiger partial charge in [0.1, 0.15) is 11.5 Å². The van der Waals surface area contributed by atoms with Crippen molar-refractivity contribution in [3.63, 3.8) is 0 Å². The number of carbonyl (C=O) groups is 1. The van der Waals surface area contributed by atoms with Crippen LogP contribution in [0, 0.1) is 0 Å². The first-order valence-electron chi connectivity index (χ1n) is 7.67. The molecule has 0 amide bonds. The highest BCUT2D eigenvalue weighted by Crippen LogP contribution is 2.37. The van der Waals surface area contributed by atoms with Gasteiger partial charge in [-0.15, -0.1) is 0 Å². The number of benzene rings is 1. The van der Waals surface area contributed by atoms with Gasteiger partial charge in [0.2, 0.25) is 0 Å². The molecule has 0 radical (unpaired) electrons. The molecule has 1 aliphatic heterocycles. The summed E-state index contributed by atoms with van der Waals surface area (Å²) in [7, 11) is 1.73. The minimum atomic E-state index is 0.428. The van der Waals surface area contributed by atoms with Crippen molar-refractivity contribution in [2.75, 3.05) is 26.7 Å². The van der Waals surface area contributed by atoms with Gasteiger partial charge < -0.3 is 9.64 Å². The lowest BCUT2D eigenvalue weighted by Crippen LogP contribution is -2.34. The lowest BCUT2D eigenvalue weighted by atomic mass is 9.97. The number of carbonyl (C=O) groups excluding carboxylic acids is 1. The molecular formula is C17H23NO2. The van der Waals surface area contributed by atoms with Crippen LogP contribution in [0.5, 0.6) is 5.75 Å². The number of nitrogens with zero attached hydrogens (tertiary/aromatic N) is 1. The van der Waals surface area contributed by atoms with Gasteiger partial charge in [0, 0.05) is 25.9 Å². The van der Waals surface area contributed by atoms with Crippen LogP contribution in [0.25, 0.3) is 0 Å². The predicted octanol–water partition coefficient (Wildman–Crippen LogP) is 2.78. The van der Waals surface area contributed by atoms with Crippen LogP contribution < -0.4 is 4.74 Å². The molecule has 0 spiro atoms. The molecule has 2 aliphatic rings. The third-order valence-corrected chi connectivity index (χ3v) is 4.76. The van der Waals surface area contributed by atoms with Crippen molar-refractivity contribution in [1.82, 2.24) is 4.90 Å². The Kier molecular flexibility index (Phi) is 4.06. The molecule has 3 nitrogen and oxygen atoms in total. The summed E-state index contributed by atoms with van der Waals surface area (Å²) in [5.74, 6) is 2.06. The predicted molar refractivity (Wildman–Crippen MR) is 79.4 cm³/mol. The molecule has 3 heteroatoms. The van der Waals surface area contributed by atoms with Crippen molar-refractivity contribution in [2.24, 2.45) is 0 Å². The Balaban J connectivity index is 1.59. The van der Waals surface area contributed by atoms with E-state index in [-0.39, 0.29) is 0 Å². The van der Waals surface area contributed by atoms with Crippen LogP contribution in [0.15, 0.2) is 18.2 Å². The van der Waals surface area contributed by atoms with Gasteiger partial charge in [-0.25, -0.2) is 0 Å². The quantitative estimate of drug-likeness (QED) is 0.845. The fraction of sp³-hybridized carbons (Fsp3) is 0.588. The SMILES string of the molecule is COc1ccc2c(c1)C(CCN1CCC(=O)CC1)CC2. The first-order chi connectivity index (χ1) is 9.76. The van der Waals surface area contributed by atoms with Crippen LogP contribution in [0.3, 0.4) is 0 Å². The van der Waals surface area contributed by atoms with E-state index in [1.54, 1.807) is 7.11 Å². The molecule has 1 atom stereocenters. The van der Waals surface area contributed by atoms with Crippen LogP contribution in [-0.4, -0.2) is 37.4 Å². The molecule has 1 fully saturated rings. The van der Waals surface area contributed by atoms with Crippen LogP contribution in [-0.2, 0) is 11.2 Å². The van der Waals surface area contributed by atoms with Crippen molar-refractivity contribution < 1.29 is 9.53 Å². The zero-order valence-electron chi connectivity index (χ0n) is 12.2. The molecule has 108 valence electrons. The van der Waals surface area contributed by atoms with Gasteiger partial charge in [-0.1, -0.05) is 6.07 Å². The molecule has 1 aliphatic carbocycles. The molecule has 0 bridgehead atoms. The van der Waals surface area contributed by atoms with Crippen molar-refractivity contribution in [1.29, 1.82) is 0 Å². The number of Topliss-reactive ketones (excluding diaryl/α,β-unsaturated/α-hetero) is 1. The highest BCUT2D eigenvalue weighted by Gasteiger charge is 2.24. The Bertz CT molecular complexity index is 488. The minimum Gasteiger partial charge on any atom is -0.497 e. The van der Waals surface area contributed by atoms with E-state index in [2.05, 4.69) is 23.1 Å². The number of rotatable bonds is 4. The fourth-order valence-electron chi connectivity index (χ4n) is 3.46. The van der Waals surface area contributed by atoms with Gasteiger partial charge in [0.05, 0.1) is 7.11 Å². The number of ketones is 1. The lowest BCUT2D eigenvalue weighted by molar-refractivity contribution is -0.121. The molecule has 1 saturated heterocycles. The number of ether oxygens (including phenoxy) is 1. The Hall–Kier alpha value is -1.35. The maximum absolute atomic E-state index is 11.3. The monoisotopic (exact) mass is 273 g/mol. The number of likely N-dealkylation sites (tertiary alicyclic amines) is 1. The maximum Gasteiger partial charge on any atom is 0.135 e. The second kappa shape index (κ2) is 5.96. The van der Waals surface area contributed by atoms with E-state index in [9.17, 15) is 4.79 Å². The second-order valence-electron chi connectivity index (χ2n) is 5.97. The van der Waals surface area contributed by atoms with E-state index in [1.165, 1.54) is 30.4 Å². The molecule has 0 saturated carbocycles. The Morgan fingerprint density at radius 1 is 1.25 bits per heavy atom. The third-order valence-electron chi connectivity index (χ3n) is 4.76. The van der Waals surface area contributed by atoms with Gasteiger partial charge in [-0.05, 0) is 55.0 Å². The molecule has 1 heterocycles. The molecule has 0 N–H and O–H groups in total. The normalized spacial score (nSPS) is 22.9. The molecule has 0 aromatic heterocycles. The standard InChI is InChI=1S/C17H23NO2/c1-20-16-5-4-13-2-3-14(17(13)12-16)6-9-18-10-7-15(19)8-11-18/h4-5,12,14H,2-3,6-11H2,1H3. The van der Waals surface area contributed by atoms with Gasteiger partial charge in [-0.2, -0.15) is 0 Å². The summed E-state index contributed by atoms with van der Waals surface area (Å²) in [6, 6.07) is 6.50. The zero-order chi connectivity index (χ0) is 13.9. The molecule has 20 heavy (non-hydrogen) atoms. The number of methoxy groups -OCH3 is 1. The minimum absolute atomic E-state index is 0.428. The Labute approximate surface area is 120 Å². The summed E-state index contributed by atoms with van der Waals surface area (Å²) in [6.45, 7) is 3.03. The van der Waals surface area contributed by atoms with Gasteiger partial charge in [0.25, 0.3) is 0 Å². The number of hydrogen-bond acceptors (Lipinski definition) is 3. The molecule has 1 aromatic carbocycles. The first kappa shape index (κ1) is 13.6. The van der Waals surface area contributed by atoms with Crippen LogP contribution in [0.1, 0.15) is 42.7 Å². The third kappa shape index (κ3) is 2.88. The second-order valence-corrected chi connectivity index (χ2v) is 5.97. The Morgan fingerprint density at radius 2 is 2.05 bits per heavy atom. The molecule has 1 aromatic rings. The average Bonchev–Trinajstić information content (AvgIpc) is 2.89. The summed E-state index contributed by atoms with van der Waals surface area (Å²) >= 11 is 0. The van der Waals surface area contributed by atoms with Crippen molar-refractivity contribution >= 4 is 5.78 Å². The Morgan fingerprint density at radius 3 is 2.80 bits per heavy atom. The topological polar surface area (TPSA) is 29.5 Å². The van der Waals surface area contributed by atoms with E-state index in [0.29, 0.717) is 11.7 Å². The summed E-state index contributed by atoms with van der Waals surface area (Å²) in [4.78, 5) is 13.7. The van der Waals surface area contributed by atoms with Crippen molar-refractivity contribution in [2.45, 2.75) is 38.0 Å². The summed E-state index contributed by atoms with van der Waals surface area (Å²) < 4.78 is 5.35. The smallest absolute Gasteiger partial charge is 0.135 e. The number of fused-ring (bicyclic) bond motifs is 1. The highest BCUT2D eigenvalue weighted by molar-refractivity contribution is 5.79. The molecule has 1 unspecified atom stereocenters. The number of hydrogen-bond donors (Lipinski definition) is 0. The van der Waals surface area contributed by atoms with E-state index >= 15 is 0 Å². The van der Waals surface area contributed by atoms with Crippen LogP contribution in [0.4, 0.5) is 0 Å². The molecular weight excluding hydrogens is 250 g/mol. The summed E-state index contributed by atoms with van der Waals surface area (Å²) in [5.41, 5.74) is 2.97. The summed E-state index contributed by atoms with van der Waals surface area (Å²) in [6.07, 6.45) is 5.15. The van der Waals surface area contributed by atoms with Crippen molar-refractivity contribution in [3.05, 3.63) is 29.3 Å². The maximum atomic E-state index is 11.3. The average molecular weight is 273 g/mol. The fourth-order valence-corrected chi connectivity index (χ4v) is 3.46. The van der Waals surface area contributed by atoms with E-state index in [1.807, 2.05) is 0 Å². The number of aryl methyl sites for hydroxylation is 1. The van der Waals surface area contributed by atoms with Crippen LogP contribution in [0.2, 0.25) is 0 Å². The van der Waals surface area contributed by atoms with Crippen LogP contribution >= 0.6 is 0 Å². The number of piperidine rings is 1. The summed E-state index contributed by atoms with van der Waals surface area (Å²) in [5, 5.41) is 0. The highest BCUT2D eigenvalue weighted by atomic mass is 16.5. The van der Waals surface area contributed by atoms with Gasteiger partial charge in [-0.3, -0.25) is 4.79 Å². The zero-order valence-corrected chi connectivity index (χ0v) is 12.2. The van der Waals surface area contributed by atoms with E-state index < -0.39 is 0 Å². The first-order valence-corrected chi connectivity index (χ1v) is 7.67. The van der Waals surface area contributed by atoms with Gasteiger partial charge >= 0.3 is 0 Å². The van der Waals surface area contributed by atoms with E-state index in [0.717, 1.165) is 38.2 Å². The van der Waals surface area contributed by atoms with E-state index in [4.69, 9.17) is 4.74 Å².